The van der Waals surface area contributed by atoms with Crippen LogP contribution in [0, 0.1) is 13.8 Å². The molecule has 78 valence electrons. The summed E-state index contributed by atoms with van der Waals surface area (Å²) in [5, 5.41) is 9.43. The Bertz CT molecular complexity index is 330. The summed E-state index contributed by atoms with van der Waals surface area (Å²) in [6.07, 6.45) is -0.712. The van der Waals surface area contributed by atoms with Crippen molar-refractivity contribution in [2.24, 2.45) is 0 Å². The summed E-state index contributed by atoms with van der Waals surface area (Å²) in [6.45, 7) is 3.99. The molecule has 1 unspecified atom stereocenters. The van der Waals surface area contributed by atoms with Gasteiger partial charge in [0.1, 0.15) is 0 Å². The topological polar surface area (TPSA) is 46.5 Å². The number of methoxy groups -OCH3 is 1. The summed E-state index contributed by atoms with van der Waals surface area (Å²) in [5.41, 5.74) is 1.02. The van der Waals surface area contributed by atoms with Crippen molar-refractivity contribution < 1.29 is 14.6 Å². The molecule has 1 heterocycles. The first-order chi connectivity index (χ1) is 6.54. The fraction of sp³-hybridized carbons (Fsp3) is 0.500. The molecule has 0 amide bonds. The van der Waals surface area contributed by atoms with E-state index in [1.165, 1.54) is 12.0 Å². The largest absolute Gasteiger partial charge is 0.467 e. The van der Waals surface area contributed by atoms with Crippen LogP contribution >= 0.6 is 11.3 Å². The zero-order valence-electron chi connectivity index (χ0n) is 8.53. The molecule has 0 radical (unpaired) electrons. The molecule has 4 heteroatoms. The fourth-order valence-corrected chi connectivity index (χ4v) is 2.27. The van der Waals surface area contributed by atoms with Crippen LogP contribution in [0.1, 0.15) is 15.3 Å². The van der Waals surface area contributed by atoms with Gasteiger partial charge < -0.3 is 9.84 Å². The maximum absolute atomic E-state index is 11.0. The highest BCUT2D eigenvalue weighted by Crippen LogP contribution is 2.21. The van der Waals surface area contributed by atoms with Crippen molar-refractivity contribution in [2.45, 2.75) is 26.4 Å². The second-order valence-electron chi connectivity index (χ2n) is 3.18. The summed E-state index contributed by atoms with van der Waals surface area (Å²) in [6, 6.07) is 1.99. The van der Waals surface area contributed by atoms with E-state index in [2.05, 4.69) is 4.74 Å². The number of esters is 1. The molecule has 0 aliphatic rings. The second-order valence-corrected chi connectivity index (χ2v) is 4.64. The molecule has 14 heavy (non-hydrogen) atoms. The quantitative estimate of drug-likeness (QED) is 0.774. The number of carbonyl (C=O) groups excluding carboxylic acids is 1. The first-order valence-electron chi connectivity index (χ1n) is 4.36. The molecule has 0 saturated heterocycles. The third kappa shape index (κ3) is 2.56. The molecule has 3 nitrogen and oxygen atoms in total. The minimum absolute atomic E-state index is 0.336. The predicted molar refractivity (Wildman–Crippen MR) is 55.5 cm³/mol. The van der Waals surface area contributed by atoms with Gasteiger partial charge in [0.05, 0.1) is 7.11 Å². The molecule has 0 aliphatic heterocycles. The molecule has 1 aromatic rings. The number of aliphatic hydroxyl groups is 1. The molecule has 1 atom stereocenters. The van der Waals surface area contributed by atoms with Crippen LogP contribution in [0.2, 0.25) is 0 Å². The summed E-state index contributed by atoms with van der Waals surface area (Å²) in [5.74, 6) is -0.576. The van der Waals surface area contributed by atoms with E-state index in [-0.39, 0.29) is 0 Å². The molecule has 0 bridgehead atoms. The molecular weight excluding hydrogens is 200 g/mol. The van der Waals surface area contributed by atoms with Crippen molar-refractivity contribution in [1.82, 2.24) is 0 Å². The van der Waals surface area contributed by atoms with Crippen LogP contribution in [0.3, 0.4) is 0 Å². The number of thiophene rings is 1. The van der Waals surface area contributed by atoms with Gasteiger partial charge in [-0.05, 0) is 25.5 Å². The van der Waals surface area contributed by atoms with Crippen LogP contribution in [0.5, 0.6) is 0 Å². The van der Waals surface area contributed by atoms with E-state index in [1.807, 2.05) is 19.9 Å². The molecule has 1 rings (SSSR count). The van der Waals surface area contributed by atoms with E-state index in [1.54, 1.807) is 11.3 Å². The average molecular weight is 214 g/mol. The maximum Gasteiger partial charge on any atom is 0.335 e. The van der Waals surface area contributed by atoms with Gasteiger partial charge in [0.25, 0.3) is 0 Å². The average Bonchev–Trinajstić information content (AvgIpc) is 2.44. The predicted octanol–water partition coefficient (Wildman–Crippen LogP) is 1.44. The second kappa shape index (κ2) is 4.57. The Hall–Kier alpha value is -0.870. The van der Waals surface area contributed by atoms with Crippen molar-refractivity contribution >= 4 is 17.3 Å². The zero-order chi connectivity index (χ0) is 10.7. The zero-order valence-corrected chi connectivity index (χ0v) is 9.35. The monoisotopic (exact) mass is 214 g/mol. The number of hydrogen-bond donors (Lipinski definition) is 1. The number of rotatable bonds is 3. The third-order valence-electron chi connectivity index (χ3n) is 2.03. The smallest absolute Gasteiger partial charge is 0.335 e. The lowest BCUT2D eigenvalue weighted by Gasteiger charge is -2.07. The summed E-state index contributed by atoms with van der Waals surface area (Å²) in [4.78, 5) is 13.3. The Balaban J connectivity index is 2.69. The lowest BCUT2D eigenvalue weighted by molar-refractivity contribution is -0.150. The summed E-state index contributed by atoms with van der Waals surface area (Å²) in [7, 11) is 1.28. The fourth-order valence-electron chi connectivity index (χ4n) is 1.31. The minimum Gasteiger partial charge on any atom is -0.467 e. The molecule has 0 aromatic carbocycles. The highest BCUT2D eigenvalue weighted by Gasteiger charge is 2.17. The van der Waals surface area contributed by atoms with Gasteiger partial charge in [0.15, 0.2) is 6.10 Å². The Kier molecular flexibility index (Phi) is 3.66. The molecule has 0 saturated carbocycles. The van der Waals surface area contributed by atoms with E-state index in [0.717, 1.165) is 10.4 Å². The highest BCUT2D eigenvalue weighted by atomic mass is 32.1. The van der Waals surface area contributed by atoms with E-state index < -0.39 is 12.1 Å². The van der Waals surface area contributed by atoms with E-state index in [4.69, 9.17) is 0 Å². The van der Waals surface area contributed by atoms with Crippen molar-refractivity contribution in [3.05, 3.63) is 21.4 Å². The van der Waals surface area contributed by atoms with Gasteiger partial charge in [-0.2, -0.15) is 0 Å². The Morgan fingerprint density at radius 3 is 2.71 bits per heavy atom. The van der Waals surface area contributed by atoms with Gasteiger partial charge in [-0.15, -0.1) is 11.3 Å². The SMILES string of the molecule is COC(=O)C(O)Cc1cc(C)sc1C. The third-order valence-corrected chi connectivity index (χ3v) is 3.04. The normalized spacial score (nSPS) is 12.6. The molecular formula is C10H14O3S. The van der Waals surface area contributed by atoms with Crippen LogP contribution in [-0.4, -0.2) is 24.3 Å². The molecule has 1 N–H and O–H groups in total. The molecule has 0 aliphatic carbocycles. The number of aryl methyl sites for hydroxylation is 2. The number of ether oxygens (including phenoxy) is 1. The van der Waals surface area contributed by atoms with Gasteiger partial charge in [-0.3, -0.25) is 0 Å². The van der Waals surface area contributed by atoms with Crippen molar-refractivity contribution in [2.75, 3.05) is 7.11 Å². The number of hydrogen-bond acceptors (Lipinski definition) is 4. The number of carbonyl (C=O) groups is 1. The Morgan fingerprint density at radius 1 is 1.64 bits per heavy atom. The van der Waals surface area contributed by atoms with Crippen LogP contribution in [0.15, 0.2) is 6.07 Å². The van der Waals surface area contributed by atoms with Gasteiger partial charge in [0.2, 0.25) is 0 Å². The lowest BCUT2D eigenvalue weighted by Crippen LogP contribution is -2.24. The van der Waals surface area contributed by atoms with E-state index >= 15 is 0 Å². The molecule has 1 aromatic heterocycles. The minimum atomic E-state index is -1.05. The first-order valence-corrected chi connectivity index (χ1v) is 5.18. The summed E-state index contributed by atoms with van der Waals surface area (Å²) < 4.78 is 4.45. The van der Waals surface area contributed by atoms with Gasteiger partial charge in [0, 0.05) is 16.2 Å². The first kappa shape index (κ1) is 11.2. The van der Waals surface area contributed by atoms with Crippen molar-refractivity contribution in [1.29, 1.82) is 0 Å². The summed E-state index contributed by atoms with van der Waals surface area (Å²) >= 11 is 1.67. The van der Waals surface area contributed by atoms with E-state index in [0.29, 0.717) is 6.42 Å². The van der Waals surface area contributed by atoms with Crippen LogP contribution < -0.4 is 0 Å². The van der Waals surface area contributed by atoms with Crippen molar-refractivity contribution in [3.63, 3.8) is 0 Å². The maximum atomic E-state index is 11.0. The van der Waals surface area contributed by atoms with Gasteiger partial charge in [-0.25, -0.2) is 4.79 Å². The lowest BCUT2D eigenvalue weighted by atomic mass is 10.1. The standard InChI is InChI=1S/C10H14O3S/c1-6-4-8(7(2)14-6)5-9(11)10(12)13-3/h4,9,11H,5H2,1-3H3. The van der Waals surface area contributed by atoms with Crippen LogP contribution in [-0.2, 0) is 16.0 Å². The number of aliphatic hydroxyl groups excluding tert-OH is 1. The molecule has 0 spiro atoms. The van der Waals surface area contributed by atoms with Crippen molar-refractivity contribution in [3.8, 4) is 0 Å². The van der Waals surface area contributed by atoms with Crippen LogP contribution in [0.25, 0.3) is 0 Å². The Labute approximate surface area is 87.3 Å². The molecule has 0 fully saturated rings. The highest BCUT2D eigenvalue weighted by molar-refractivity contribution is 7.12. The van der Waals surface area contributed by atoms with Crippen LogP contribution in [0.4, 0.5) is 0 Å². The Morgan fingerprint density at radius 2 is 2.29 bits per heavy atom. The van der Waals surface area contributed by atoms with Gasteiger partial charge >= 0.3 is 5.97 Å². The van der Waals surface area contributed by atoms with E-state index in [9.17, 15) is 9.90 Å². The van der Waals surface area contributed by atoms with Gasteiger partial charge in [-0.1, -0.05) is 0 Å².